The zero-order valence-corrected chi connectivity index (χ0v) is 8.24. The zero-order valence-electron chi connectivity index (χ0n) is 6.27. The number of hydrogen-bond donors (Lipinski definition) is 1. The van der Waals surface area contributed by atoms with E-state index in [9.17, 15) is 8.42 Å². The van der Waals surface area contributed by atoms with Gasteiger partial charge in [0.1, 0.15) is 0 Å². The van der Waals surface area contributed by atoms with Crippen LogP contribution in [-0.4, -0.2) is 13.0 Å². The minimum atomic E-state index is -4.06. The molecule has 1 unspecified atom stereocenters. The van der Waals surface area contributed by atoms with Crippen LogP contribution in [0.3, 0.4) is 0 Å². The van der Waals surface area contributed by atoms with Crippen LogP contribution in [0.15, 0.2) is 29.2 Å². The predicted octanol–water partition coefficient (Wildman–Crippen LogP) is 1.31. The fraction of sp³-hybridized carbons (Fsp3) is 0.143. The van der Waals surface area contributed by atoms with E-state index in [0.717, 1.165) is 0 Å². The van der Waals surface area contributed by atoms with Crippen LogP contribution in [0.2, 0.25) is 0 Å². The Morgan fingerprint density at radius 2 is 1.92 bits per heavy atom. The SMILES string of the molecule is O=S(=O)(O)c1ccccc1CP. The summed E-state index contributed by atoms with van der Waals surface area (Å²) in [6, 6.07) is 6.35. The molecule has 1 aromatic carbocycles. The molecule has 0 radical (unpaired) electrons. The maximum absolute atomic E-state index is 10.8. The summed E-state index contributed by atoms with van der Waals surface area (Å²) in [7, 11) is -1.65. The van der Waals surface area contributed by atoms with E-state index < -0.39 is 10.1 Å². The summed E-state index contributed by atoms with van der Waals surface area (Å²) in [5.74, 6) is 0. The average molecular weight is 204 g/mol. The van der Waals surface area contributed by atoms with Crippen LogP contribution in [0.4, 0.5) is 0 Å². The Morgan fingerprint density at radius 3 is 2.33 bits per heavy atom. The first-order valence-electron chi connectivity index (χ1n) is 3.31. The van der Waals surface area contributed by atoms with Gasteiger partial charge in [0.15, 0.2) is 0 Å². The topological polar surface area (TPSA) is 54.4 Å². The molecule has 3 nitrogen and oxygen atoms in total. The van der Waals surface area contributed by atoms with Gasteiger partial charge in [-0.15, -0.1) is 9.24 Å². The molecule has 0 heterocycles. The van der Waals surface area contributed by atoms with Crippen LogP contribution >= 0.6 is 9.24 Å². The second-order valence-electron chi connectivity index (χ2n) is 2.29. The molecule has 66 valence electrons. The van der Waals surface area contributed by atoms with Gasteiger partial charge in [0, 0.05) is 0 Å². The molecule has 0 bridgehead atoms. The van der Waals surface area contributed by atoms with E-state index in [2.05, 4.69) is 9.24 Å². The Balaban J connectivity index is 3.33. The molecule has 0 aliphatic heterocycles. The van der Waals surface area contributed by atoms with Crippen molar-refractivity contribution in [3.8, 4) is 0 Å². The van der Waals surface area contributed by atoms with Crippen LogP contribution in [-0.2, 0) is 16.3 Å². The van der Waals surface area contributed by atoms with Crippen LogP contribution in [0, 0.1) is 0 Å². The Labute approximate surface area is 73.8 Å². The third-order valence-corrected chi connectivity index (χ3v) is 2.86. The summed E-state index contributed by atoms with van der Waals surface area (Å²) >= 11 is 0. The van der Waals surface area contributed by atoms with Gasteiger partial charge in [-0.3, -0.25) is 4.55 Å². The molecular formula is C7H9O3PS. The fourth-order valence-corrected chi connectivity index (χ4v) is 2.16. The van der Waals surface area contributed by atoms with E-state index >= 15 is 0 Å². The lowest BCUT2D eigenvalue weighted by atomic mass is 10.2. The number of rotatable bonds is 2. The first kappa shape index (κ1) is 9.65. The highest BCUT2D eigenvalue weighted by Gasteiger charge is 2.12. The molecule has 12 heavy (non-hydrogen) atoms. The second-order valence-corrected chi connectivity index (χ2v) is 4.09. The highest BCUT2D eigenvalue weighted by molar-refractivity contribution is 7.85. The van der Waals surface area contributed by atoms with E-state index in [1.165, 1.54) is 6.07 Å². The highest BCUT2D eigenvalue weighted by atomic mass is 32.2. The lowest BCUT2D eigenvalue weighted by Gasteiger charge is -2.02. The smallest absolute Gasteiger partial charge is 0.282 e. The van der Waals surface area contributed by atoms with Crippen molar-refractivity contribution in [2.75, 3.05) is 0 Å². The first-order chi connectivity index (χ1) is 5.55. The molecule has 0 fully saturated rings. The summed E-state index contributed by atoms with van der Waals surface area (Å²) in [6.45, 7) is 0. The molecule has 0 saturated carbocycles. The molecule has 1 atom stereocenters. The molecule has 5 heteroatoms. The van der Waals surface area contributed by atoms with Gasteiger partial charge >= 0.3 is 0 Å². The van der Waals surface area contributed by atoms with Crippen LogP contribution in [0.1, 0.15) is 5.56 Å². The van der Waals surface area contributed by atoms with Crippen molar-refractivity contribution in [2.45, 2.75) is 11.1 Å². The third-order valence-electron chi connectivity index (χ3n) is 1.47. The molecule has 1 N–H and O–H groups in total. The number of benzene rings is 1. The molecule has 1 aromatic rings. The van der Waals surface area contributed by atoms with Crippen LogP contribution < -0.4 is 0 Å². The lowest BCUT2D eigenvalue weighted by molar-refractivity contribution is 0.482. The third kappa shape index (κ3) is 2.03. The Morgan fingerprint density at radius 1 is 1.33 bits per heavy atom. The lowest BCUT2D eigenvalue weighted by Crippen LogP contribution is -2.01. The molecule has 0 aromatic heterocycles. The quantitative estimate of drug-likeness (QED) is 0.583. The molecular weight excluding hydrogens is 195 g/mol. The van der Waals surface area contributed by atoms with Crippen molar-refractivity contribution in [2.24, 2.45) is 0 Å². The van der Waals surface area contributed by atoms with Crippen molar-refractivity contribution in [3.63, 3.8) is 0 Å². The van der Waals surface area contributed by atoms with Gasteiger partial charge in [0.05, 0.1) is 4.90 Å². The molecule has 1 rings (SSSR count). The van der Waals surface area contributed by atoms with Crippen molar-refractivity contribution < 1.29 is 13.0 Å². The second kappa shape index (κ2) is 3.52. The van der Waals surface area contributed by atoms with Crippen molar-refractivity contribution in [3.05, 3.63) is 29.8 Å². The van der Waals surface area contributed by atoms with Gasteiger partial charge in [0.2, 0.25) is 0 Å². The van der Waals surface area contributed by atoms with E-state index in [-0.39, 0.29) is 4.90 Å². The fourth-order valence-electron chi connectivity index (χ4n) is 0.924. The maximum atomic E-state index is 10.8. The van der Waals surface area contributed by atoms with Gasteiger partial charge in [-0.25, -0.2) is 0 Å². The molecule has 0 amide bonds. The summed E-state index contributed by atoms with van der Waals surface area (Å²) in [4.78, 5) is -0.0139. The highest BCUT2D eigenvalue weighted by Crippen LogP contribution is 2.17. The first-order valence-corrected chi connectivity index (χ1v) is 5.57. The zero-order chi connectivity index (χ0) is 9.19. The molecule has 0 aliphatic carbocycles. The largest absolute Gasteiger partial charge is 0.294 e. The van der Waals surface area contributed by atoms with Crippen LogP contribution in [0.5, 0.6) is 0 Å². The van der Waals surface area contributed by atoms with E-state index in [1.54, 1.807) is 18.2 Å². The van der Waals surface area contributed by atoms with E-state index in [0.29, 0.717) is 11.7 Å². The monoisotopic (exact) mass is 204 g/mol. The molecule has 0 spiro atoms. The normalized spacial score (nSPS) is 11.5. The summed E-state index contributed by atoms with van der Waals surface area (Å²) in [5, 5.41) is 0. The summed E-state index contributed by atoms with van der Waals surface area (Å²) in [6.07, 6.45) is 0.510. The maximum Gasteiger partial charge on any atom is 0.294 e. The minimum absolute atomic E-state index is 0.0139. The molecule has 0 saturated heterocycles. The van der Waals surface area contributed by atoms with Gasteiger partial charge in [-0.2, -0.15) is 8.42 Å². The van der Waals surface area contributed by atoms with Crippen molar-refractivity contribution in [1.29, 1.82) is 0 Å². The van der Waals surface area contributed by atoms with Crippen molar-refractivity contribution >= 4 is 19.4 Å². The van der Waals surface area contributed by atoms with Gasteiger partial charge in [-0.1, -0.05) is 18.2 Å². The van der Waals surface area contributed by atoms with Gasteiger partial charge < -0.3 is 0 Å². The van der Waals surface area contributed by atoms with Gasteiger partial charge in [-0.05, 0) is 17.8 Å². The van der Waals surface area contributed by atoms with E-state index in [4.69, 9.17) is 4.55 Å². The Kier molecular flexibility index (Phi) is 2.83. The minimum Gasteiger partial charge on any atom is -0.282 e. The number of hydrogen-bond acceptors (Lipinski definition) is 2. The van der Waals surface area contributed by atoms with Crippen molar-refractivity contribution in [1.82, 2.24) is 0 Å². The summed E-state index contributed by atoms with van der Waals surface area (Å²) in [5.41, 5.74) is 0.602. The predicted molar refractivity (Wildman–Crippen MR) is 49.7 cm³/mol. The average Bonchev–Trinajstić information content (AvgIpc) is 2.03. The Bertz CT molecular complexity index is 372. The standard InChI is InChI=1S/C7H9O3PS/c8-12(9,10)7-4-2-1-3-6(7)5-11/h1-4H,5,11H2,(H,8,9,10). The summed E-state index contributed by atoms with van der Waals surface area (Å²) < 4.78 is 30.3. The molecule has 0 aliphatic rings. The van der Waals surface area contributed by atoms with E-state index in [1.807, 2.05) is 0 Å². The van der Waals surface area contributed by atoms with Gasteiger partial charge in [0.25, 0.3) is 10.1 Å². The Hall–Kier alpha value is -0.440. The van der Waals surface area contributed by atoms with Crippen LogP contribution in [0.25, 0.3) is 0 Å².